The lowest BCUT2D eigenvalue weighted by Crippen LogP contribution is -2.53. The predicted molar refractivity (Wildman–Crippen MR) is 142 cm³/mol. The Kier molecular flexibility index (Phi) is 5.36. The van der Waals surface area contributed by atoms with E-state index in [-0.39, 0.29) is 11.6 Å². The largest absolute Gasteiger partial charge is 0.478 e. The summed E-state index contributed by atoms with van der Waals surface area (Å²) in [5.41, 5.74) is 6.49. The quantitative estimate of drug-likeness (QED) is 0.590. The highest BCUT2D eigenvalue weighted by Crippen LogP contribution is 2.35. The molecule has 8 heteroatoms. The van der Waals surface area contributed by atoms with Crippen molar-refractivity contribution in [2.75, 3.05) is 29.4 Å². The van der Waals surface area contributed by atoms with E-state index in [1.54, 1.807) is 18.2 Å². The maximum Gasteiger partial charge on any atom is 0.335 e. The molecule has 0 amide bonds. The minimum Gasteiger partial charge on any atom is -0.478 e. The van der Waals surface area contributed by atoms with Crippen molar-refractivity contribution < 1.29 is 9.90 Å². The minimum atomic E-state index is -0.975. The van der Waals surface area contributed by atoms with Crippen LogP contribution >= 0.6 is 0 Å². The van der Waals surface area contributed by atoms with Crippen LogP contribution in [0.4, 0.5) is 11.6 Å². The normalized spacial score (nSPS) is 19.4. The van der Waals surface area contributed by atoms with Crippen LogP contribution in [0.15, 0.2) is 77.1 Å². The van der Waals surface area contributed by atoms with Gasteiger partial charge in [-0.25, -0.2) is 19.7 Å². The lowest BCUT2D eigenvalue weighted by atomic mass is 9.95. The van der Waals surface area contributed by atoms with E-state index in [9.17, 15) is 9.90 Å². The van der Waals surface area contributed by atoms with Crippen molar-refractivity contribution in [3.8, 4) is 0 Å². The number of pyridine rings is 1. The van der Waals surface area contributed by atoms with Gasteiger partial charge in [-0.3, -0.25) is 4.99 Å². The second kappa shape index (κ2) is 8.71. The smallest absolute Gasteiger partial charge is 0.335 e. The molecule has 36 heavy (non-hydrogen) atoms. The number of nitrogens with zero attached hydrogens (tertiary/aromatic N) is 6. The molecule has 6 rings (SSSR count). The molecule has 2 aliphatic heterocycles. The summed E-state index contributed by atoms with van der Waals surface area (Å²) >= 11 is 0. The monoisotopic (exact) mass is 478 g/mol. The highest BCUT2D eigenvalue weighted by atomic mass is 16.4. The molecule has 0 saturated carbocycles. The molecule has 1 unspecified atom stereocenters. The van der Waals surface area contributed by atoms with Crippen molar-refractivity contribution in [1.82, 2.24) is 15.0 Å². The molecule has 1 atom stereocenters. The summed E-state index contributed by atoms with van der Waals surface area (Å²) in [6.07, 6.45) is 8.96. The molecular formula is C28H26N6O2. The second-order valence-corrected chi connectivity index (χ2v) is 9.39. The SMILES string of the molecule is CC1=CC2=CC(c3nc4ccc(C(=O)O)cc4nc3N3CCN(c4ccccn4)CC3C)=CCC2=N1. The number of aliphatic imine (C=N–C) groups is 1. The summed E-state index contributed by atoms with van der Waals surface area (Å²) in [5, 5.41) is 9.51. The maximum absolute atomic E-state index is 11.6. The summed E-state index contributed by atoms with van der Waals surface area (Å²) in [7, 11) is 0. The van der Waals surface area contributed by atoms with Crippen LogP contribution in [0.3, 0.4) is 0 Å². The number of hydrogen-bond acceptors (Lipinski definition) is 7. The maximum atomic E-state index is 11.6. The Balaban J connectivity index is 1.43. The predicted octanol–water partition coefficient (Wildman–Crippen LogP) is 4.51. The third kappa shape index (κ3) is 3.94. The lowest BCUT2D eigenvalue weighted by Gasteiger charge is -2.41. The zero-order valence-corrected chi connectivity index (χ0v) is 20.2. The molecule has 3 aromatic rings. The van der Waals surface area contributed by atoms with Crippen LogP contribution in [-0.2, 0) is 0 Å². The van der Waals surface area contributed by atoms with Gasteiger partial charge in [-0.05, 0) is 61.9 Å². The number of hydrogen-bond donors (Lipinski definition) is 1. The van der Waals surface area contributed by atoms with Crippen molar-refractivity contribution >= 4 is 39.9 Å². The van der Waals surface area contributed by atoms with Crippen LogP contribution in [0.2, 0.25) is 0 Å². The Hall–Kier alpha value is -4.33. The van der Waals surface area contributed by atoms with E-state index < -0.39 is 5.97 Å². The number of anilines is 2. The summed E-state index contributed by atoms with van der Waals surface area (Å²) in [6, 6.07) is 11.0. The summed E-state index contributed by atoms with van der Waals surface area (Å²) in [6.45, 7) is 6.54. The summed E-state index contributed by atoms with van der Waals surface area (Å²) < 4.78 is 0. The Morgan fingerprint density at radius 2 is 1.94 bits per heavy atom. The third-order valence-corrected chi connectivity index (χ3v) is 6.87. The fraction of sp³-hybridized carbons (Fsp3) is 0.250. The highest BCUT2D eigenvalue weighted by molar-refractivity contribution is 6.11. The van der Waals surface area contributed by atoms with E-state index in [0.29, 0.717) is 11.0 Å². The molecule has 0 bridgehead atoms. The Morgan fingerprint density at radius 1 is 1.06 bits per heavy atom. The Morgan fingerprint density at radius 3 is 2.72 bits per heavy atom. The van der Waals surface area contributed by atoms with Crippen molar-refractivity contribution in [2.24, 2.45) is 4.99 Å². The molecule has 1 aromatic carbocycles. The second-order valence-electron chi connectivity index (χ2n) is 9.39. The molecule has 1 fully saturated rings. The van der Waals surface area contributed by atoms with Gasteiger partial charge in [0.1, 0.15) is 11.5 Å². The molecule has 8 nitrogen and oxygen atoms in total. The third-order valence-electron chi connectivity index (χ3n) is 6.87. The number of carbonyl (C=O) groups is 1. The van der Waals surface area contributed by atoms with E-state index >= 15 is 0 Å². The number of fused-ring (bicyclic) bond motifs is 2. The molecule has 180 valence electrons. The van der Waals surface area contributed by atoms with Crippen molar-refractivity contribution in [3.63, 3.8) is 0 Å². The average Bonchev–Trinajstić information content (AvgIpc) is 3.27. The first-order valence-corrected chi connectivity index (χ1v) is 12.1. The number of carboxylic acid groups (broad SMARTS) is 1. The number of carboxylic acids is 1. The number of aromatic carboxylic acids is 1. The van der Waals surface area contributed by atoms with Gasteiger partial charge in [-0.15, -0.1) is 0 Å². The van der Waals surface area contributed by atoms with E-state index in [1.807, 2.05) is 31.3 Å². The van der Waals surface area contributed by atoms with Crippen molar-refractivity contribution in [2.45, 2.75) is 26.3 Å². The average molecular weight is 479 g/mol. The van der Waals surface area contributed by atoms with Gasteiger partial charge < -0.3 is 14.9 Å². The molecule has 3 aliphatic rings. The molecule has 1 aliphatic carbocycles. The minimum absolute atomic E-state index is 0.150. The standard InChI is InChI=1S/C28H26N6O2/c1-17-13-21-14-19(6-8-22(21)30-17)26-27(32-24-15-20(28(35)36)7-9-23(24)31-26)34-12-11-33(16-18(34)2)25-5-3-4-10-29-25/h3-7,9-10,13-15,18H,8,11-12,16H2,1-2H3,(H,35,36). The zero-order chi connectivity index (χ0) is 24.8. The number of aromatic nitrogens is 3. The molecule has 1 saturated heterocycles. The number of rotatable bonds is 4. The van der Waals surface area contributed by atoms with Gasteiger partial charge in [-0.1, -0.05) is 12.1 Å². The van der Waals surface area contributed by atoms with E-state index in [2.05, 4.69) is 44.9 Å². The first-order valence-electron chi connectivity index (χ1n) is 12.1. The van der Waals surface area contributed by atoms with Gasteiger partial charge in [0.25, 0.3) is 0 Å². The fourth-order valence-electron chi connectivity index (χ4n) is 5.10. The molecular weight excluding hydrogens is 452 g/mol. The molecule has 0 spiro atoms. The number of piperazine rings is 1. The fourth-order valence-corrected chi connectivity index (χ4v) is 5.10. The van der Waals surface area contributed by atoms with Gasteiger partial charge in [0.15, 0.2) is 5.82 Å². The first kappa shape index (κ1) is 22.2. The highest BCUT2D eigenvalue weighted by Gasteiger charge is 2.29. The van der Waals surface area contributed by atoms with Gasteiger partial charge >= 0.3 is 5.97 Å². The van der Waals surface area contributed by atoms with Gasteiger partial charge in [0.2, 0.25) is 0 Å². The molecule has 1 N–H and O–H groups in total. The van der Waals surface area contributed by atoms with Crippen LogP contribution in [0, 0.1) is 0 Å². The number of allylic oxidation sites excluding steroid dienone is 6. The Labute approximate surface area is 209 Å². The van der Waals surface area contributed by atoms with Crippen LogP contribution in [-0.4, -0.2) is 57.4 Å². The summed E-state index contributed by atoms with van der Waals surface area (Å²) in [5.74, 6) is 0.770. The zero-order valence-electron chi connectivity index (χ0n) is 20.2. The van der Waals surface area contributed by atoms with E-state index in [1.165, 1.54) is 0 Å². The van der Waals surface area contributed by atoms with Crippen LogP contribution < -0.4 is 9.80 Å². The molecule has 2 aromatic heterocycles. The van der Waals surface area contributed by atoms with Crippen molar-refractivity contribution in [3.05, 3.63) is 83.4 Å². The molecule has 4 heterocycles. The van der Waals surface area contributed by atoms with Crippen LogP contribution in [0.5, 0.6) is 0 Å². The Bertz CT molecular complexity index is 1510. The first-order chi connectivity index (χ1) is 17.5. The topological polar surface area (TPSA) is 94.8 Å². The number of benzene rings is 1. The van der Waals surface area contributed by atoms with Gasteiger partial charge in [-0.2, -0.15) is 0 Å². The lowest BCUT2D eigenvalue weighted by molar-refractivity contribution is 0.0697. The van der Waals surface area contributed by atoms with Crippen molar-refractivity contribution in [1.29, 1.82) is 0 Å². The van der Waals surface area contributed by atoms with Gasteiger partial charge in [0, 0.05) is 49.6 Å². The van der Waals surface area contributed by atoms with Crippen LogP contribution in [0.25, 0.3) is 16.6 Å². The van der Waals surface area contributed by atoms with Crippen LogP contribution in [0.1, 0.15) is 36.3 Å². The summed E-state index contributed by atoms with van der Waals surface area (Å²) in [4.78, 5) is 35.4. The van der Waals surface area contributed by atoms with E-state index in [4.69, 9.17) is 9.97 Å². The molecule has 0 radical (unpaired) electrons. The van der Waals surface area contributed by atoms with Gasteiger partial charge in [0.05, 0.1) is 22.3 Å². The van der Waals surface area contributed by atoms with E-state index in [0.717, 1.165) is 65.9 Å².